The molecule has 4 aromatic carbocycles. The second-order valence-electron chi connectivity index (χ2n) is 18.3. The number of rotatable bonds is 13. The first-order valence-electron chi connectivity index (χ1n) is 22.7. The largest absolute Gasteiger partial charge is 0.665 e. The molecule has 424 valence electrons. The van der Waals surface area contributed by atoms with E-state index in [-0.39, 0.29) is 177 Å². The molecule has 20 heteroatoms. The van der Waals surface area contributed by atoms with Gasteiger partial charge >= 0.3 is 121 Å². The Morgan fingerprint density at radius 2 is 0.610 bits per heavy atom. The first-order chi connectivity index (χ1) is 32.6. The van der Waals surface area contributed by atoms with Gasteiger partial charge in [0.05, 0.1) is 0 Å². The number of likely N-dealkylation sites (N-methyl/N-ethyl adjacent to an activating group) is 4. The van der Waals surface area contributed by atoms with Gasteiger partial charge in [-0.2, -0.15) is 0 Å². The SMILES string of the molecule is CN(C)C(=O)N(C)[CH-]Cc1cc[c]([Sn]([CH3])([CH3])[CH3])cc1.CN(C)C(=O)N(C)[CH-]Cc1ccc(Br)cc1.Cc1ccc(C[CH-]N(C)C(=O)N(C)C)cc1.Cc1ccc(C[CH-]N(C)C(=O)N(C)C)cc1.O=[C-]O.[CH3-].[CH3-].[CH3-].[Y].[Y].[Y].[Y]. The Kier molecular flexibility index (Phi) is 61.1. The predicted octanol–water partition coefficient (Wildman–Crippen LogP) is 10.9. The van der Waals surface area contributed by atoms with Crippen molar-refractivity contribution in [1.29, 1.82) is 0 Å². The van der Waals surface area contributed by atoms with Crippen molar-refractivity contribution in [1.82, 2.24) is 39.2 Å². The average Bonchev–Trinajstić information content (AvgIpc) is 3.31. The number of carbonyl (C=O) groups is 4. The third kappa shape index (κ3) is 42.6. The topological polar surface area (TPSA) is 132 Å². The Morgan fingerprint density at radius 3 is 0.792 bits per heavy atom. The van der Waals surface area contributed by atoms with E-state index in [1.165, 1.54) is 37.0 Å². The van der Waals surface area contributed by atoms with Crippen LogP contribution in [-0.2, 0) is 161 Å². The number of hydrogen-bond acceptors (Lipinski definition) is 5. The standard InChI is InChI=1S/2C13H19N2O.C12H16BrN2O.C12H16N2O.CHO2.6CH3.Sn.4Y/c2*1-11-5-7-12(8-6-11)9-10-15(4)13(16)14(2)3;1-14(2)12(16)15(3)9-8-10-4-6-11(13)7-5-10;1-13(2)12(15)14(3)10-9-11-7-5-4-6-8-11;2-1-3;;;;;;;;;;;/h2*5-8,10H,9H2,1-4H3;4-7,9H,8H2,1-3H3;5-8,10H,9H2,1-3H3;(H,2,3);6*1H3;;;;;/q5*-1;;;;3*-1;;;;;. The molecule has 0 aliphatic heterocycles. The van der Waals surface area contributed by atoms with Crippen molar-refractivity contribution in [3.8, 4) is 0 Å². The van der Waals surface area contributed by atoms with Crippen LogP contribution < -0.4 is 3.58 Å². The van der Waals surface area contributed by atoms with E-state index in [9.17, 15) is 19.2 Å². The summed E-state index contributed by atoms with van der Waals surface area (Å²) >= 11 is 1.46. The van der Waals surface area contributed by atoms with Gasteiger partial charge in [-0.25, -0.2) is 19.6 Å². The Balaban J connectivity index is -0.000000131. The van der Waals surface area contributed by atoms with Gasteiger partial charge in [0.25, 0.3) is 18.1 Å². The third-order valence-corrected chi connectivity index (χ3v) is 16.5. The summed E-state index contributed by atoms with van der Waals surface area (Å²) in [7, 11) is 21.1. The molecule has 0 saturated carbocycles. The molecule has 0 bridgehead atoms. The van der Waals surface area contributed by atoms with Crippen LogP contribution >= 0.6 is 15.9 Å². The molecule has 0 aliphatic carbocycles. The number of benzene rings is 4. The van der Waals surface area contributed by atoms with E-state index in [1.54, 1.807) is 124 Å². The monoisotopic (exact) mass is 1540 g/mol. The van der Waals surface area contributed by atoms with Gasteiger partial charge in [0, 0.05) is 178 Å². The van der Waals surface area contributed by atoms with E-state index >= 15 is 0 Å². The zero-order valence-electron chi connectivity index (χ0n) is 50.1. The predicted molar refractivity (Wildman–Crippen MR) is 313 cm³/mol. The summed E-state index contributed by atoms with van der Waals surface area (Å²) < 4.78 is 2.60. The zero-order valence-corrected chi connectivity index (χ0v) is 65.9. The Morgan fingerprint density at radius 1 is 0.429 bits per heavy atom. The Bertz CT molecular complexity index is 1970. The van der Waals surface area contributed by atoms with Crippen LogP contribution in [-0.4, -0.2) is 178 Å². The molecule has 4 rings (SSSR count). The summed E-state index contributed by atoms with van der Waals surface area (Å²) in [6, 6.07) is 33.6. The van der Waals surface area contributed by atoms with E-state index in [4.69, 9.17) is 9.90 Å². The molecule has 0 heterocycles. The van der Waals surface area contributed by atoms with Crippen LogP contribution in [0.5, 0.6) is 0 Å². The summed E-state index contributed by atoms with van der Waals surface area (Å²) in [5.74, 6) is 0. The van der Waals surface area contributed by atoms with Crippen LogP contribution in [0.4, 0.5) is 19.2 Å². The molecule has 0 unspecified atom stereocenters. The third-order valence-electron chi connectivity index (χ3n) is 10.1. The van der Waals surface area contributed by atoms with Crippen molar-refractivity contribution in [2.24, 2.45) is 0 Å². The number of amides is 8. The summed E-state index contributed by atoms with van der Waals surface area (Å²) in [4.78, 5) is 74.5. The van der Waals surface area contributed by atoms with Gasteiger partial charge < -0.3 is 61.6 Å². The van der Waals surface area contributed by atoms with Crippen molar-refractivity contribution in [3.05, 3.63) is 183 Å². The molecule has 8 amide bonds. The molecule has 77 heavy (non-hydrogen) atoms. The fourth-order valence-corrected chi connectivity index (χ4v) is 9.35. The van der Waals surface area contributed by atoms with E-state index in [0.29, 0.717) is 6.47 Å². The molecule has 4 aromatic rings. The second-order valence-corrected chi connectivity index (χ2v) is 33.7. The number of aryl methyl sites for hydroxylation is 2. The van der Waals surface area contributed by atoms with Gasteiger partial charge in [0.2, 0.25) is 0 Å². The second kappa shape index (κ2) is 50.8. The van der Waals surface area contributed by atoms with E-state index in [1.807, 2.05) is 50.4 Å². The molecule has 0 aliphatic rings. The molecular weight excluding hydrogens is 1450 g/mol. The molecule has 0 spiro atoms. The van der Waals surface area contributed by atoms with Crippen LogP contribution in [0.3, 0.4) is 0 Å². The quantitative estimate of drug-likeness (QED) is 0.105. The number of carbonyl (C=O) groups excluding carboxylic acids is 4. The first-order valence-corrected chi connectivity index (χ1v) is 33.5. The molecule has 0 aromatic heterocycles. The summed E-state index contributed by atoms with van der Waals surface area (Å²) in [5.41, 5.74) is 7.36. The molecule has 1 N–H and O–H groups in total. The van der Waals surface area contributed by atoms with E-state index < -0.39 is 18.4 Å². The van der Waals surface area contributed by atoms with Gasteiger partial charge in [0.1, 0.15) is 0 Å². The molecular formula is C57H89BrN8O6SnY4-8. The van der Waals surface area contributed by atoms with Gasteiger partial charge in [-0.1, -0.05) is 111 Å². The molecule has 0 atom stereocenters. The van der Waals surface area contributed by atoms with Crippen LogP contribution in [0, 0.1) is 62.3 Å². The van der Waals surface area contributed by atoms with Crippen molar-refractivity contribution in [3.63, 3.8) is 0 Å². The number of nitrogens with zero attached hydrogens (tertiary/aromatic N) is 8. The molecule has 0 saturated heterocycles. The van der Waals surface area contributed by atoms with Crippen LogP contribution in [0.2, 0.25) is 14.8 Å². The summed E-state index contributed by atoms with van der Waals surface area (Å²) in [6.45, 7) is 12.2. The van der Waals surface area contributed by atoms with Crippen molar-refractivity contribution in [2.45, 2.75) is 54.3 Å². The van der Waals surface area contributed by atoms with Gasteiger partial charge in [-0.05, 0) is 47.1 Å². The maximum absolute atomic E-state index is 11.7. The van der Waals surface area contributed by atoms with Gasteiger partial charge in [-0.3, -0.25) is 14.4 Å². The Hall–Kier alpha value is -0.876. The summed E-state index contributed by atoms with van der Waals surface area (Å²) in [5, 5.41) is 6.76. The van der Waals surface area contributed by atoms with Crippen molar-refractivity contribution < 1.29 is 160 Å². The molecule has 14 nitrogen and oxygen atoms in total. The minimum atomic E-state index is -1.93. The minimum absolute atomic E-state index is 0. The summed E-state index contributed by atoms with van der Waals surface area (Å²) in [6.07, 6.45) is 3.09. The van der Waals surface area contributed by atoms with E-state index in [2.05, 4.69) is 117 Å². The number of halogens is 1. The average molecular weight is 1540 g/mol. The number of urea groups is 4. The fourth-order valence-electron chi connectivity index (χ4n) is 5.75. The smallest absolute Gasteiger partial charge is 0.289 e. The van der Waals surface area contributed by atoms with Crippen LogP contribution in [0.1, 0.15) is 33.4 Å². The maximum atomic E-state index is 11.7. The maximum Gasteiger partial charge on any atom is 0.289 e. The Labute approximate surface area is 581 Å². The molecule has 4 radical (unpaired) electrons. The van der Waals surface area contributed by atoms with Gasteiger partial charge in [-0.15, -0.1) is 19.3 Å². The number of hydrogen-bond donors (Lipinski definition) is 1. The fraction of sp³-hybridized carbons (Fsp3) is 0.368. The zero-order chi connectivity index (χ0) is 53.7. The number of aliphatic hydroxyl groups excluding tert-OH is 1. The van der Waals surface area contributed by atoms with Crippen LogP contribution in [0.25, 0.3) is 0 Å². The van der Waals surface area contributed by atoms with E-state index in [0.717, 1.165) is 30.2 Å². The van der Waals surface area contributed by atoms with Crippen molar-refractivity contribution >= 4 is 68.5 Å². The molecule has 0 fully saturated rings. The van der Waals surface area contributed by atoms with Crippen molar-refractivity contribution in [2.75, 3.05) is 84.6 Å². The van der Waals surface area contributed by atoms with Crippen LogP contribution in [0.15, 0.2) is 102 Å². The first kappa shape index (κ1) is 92.6. The minimum Gasteiger partial charge on any atom is -0.665 e. The normalized spacial score (nSPS) is 9.17. The van der Waals surface area contributed by atoms with Gasteiger partial charge in [0.15, 0.2) is 0 Å².